The topological polar surface area (TPSA) is 55.8 Å². The smallest absolute Gasteiger partial charge is 0.411 e. The highest BCUT2D eigenvalue weighted by molar-refractivity contribution is 5.81. The van der Waals surface area contributed by atoms with E-state index in [-0.39, 0.29) is 5.97 Å². The minimum atomic E-state index is -0.583. The highest BCUT2D eigenvalue weighted by atomic mass is 16.6. The Kier molecular flexibility index (Phi) is 6.68. The fourth-order valence-corrected chi connectivity index (χ4v) is 3.32. The fraction of sp³-hybridized carbons (Fsp3) is 0.619. The zero-order valence-electron chi connectivity index (χ0n) is 16.6. The lowest BCUT2D eigenvalue weighted by Gasteiger charge is -2.38. The summed E-state index contributed by atoms with van der Waals surface area (Å²) < 4.78 is 10.4. The molecular weight excluding hydrogens is 330 g/mol. The molecule has 1 aromatic carbocycles. The van der Waals surface area contributed by atoms with Crippen LogP contribution in [0.15, 0.2) is 24.3 Å². The van der Waals surface area contributed by atoms with E-state index in [9.17, 15) is 9.59 Å². The lowest BCUT2D eigenvalue weighted by atomic mass is 9.86. The predicted molar refractivity (Wildman–Crippen MR) is 101 cm³/mol. The maximum Gasteiger partial charge on any atom is 0.411 e. The number of piperidine rings is 1. The van der Waals surface area contributed by atoms with E-state index < -0.39 is 17.7 Å². The molecule has 1 aliphatic heterocycles. The molecule has 1 amide bonds. The second-order valence-electron chi connectivity index (χ2n) is 8.13. The molecule has 0 spiro atoms. The Balaban J connectivity index is 1.99. The zero-order chi connectivity index (χ0) is 19.3. The van der Waals surface area contributed by atoms with Gasteiger partial charge in [0.2, 0.25) is 0 Å². The summed E-state index contributed by atoms with van der Waals surface area (Å²) in [5, 5.41) is 0. The molecule has 1 fully saturated rings. The predicted octanol–water partition coefficient (Wildman–Crippen LogP) is 4.12. The van der Waals surface area contributed by atoms with Crippen LogP contribution in [-0.4, -0.2) is 42.3 Å². The van der Waals surface area contributed by atoms with Crippen molar-refractivity contribution in [1.29, 1.82) is 0 Å². The minimum Gasteiger partial charge on any atom is -0.467 e. The Labute approximate surface area is 156 Å². The summed E-state index contributed by atoms with van der Waals surface area (Å²) in [5.74, 6) is 0.0231. The third-order valence-corrected chi connectivity index (χ3v) is 4.77. The van der Waals surface area contributed by atoms with Crippen molar-refractivity contribution in [3.63, 3.8) is 0 Å². The van der Waals surface area contributed by atoms with Crippen molar-refractivity contribution in [2.45, 2.75) is 65.0 Å². The van der Waals surface area contributed by atoms with Crippen LogP contribution in [-0.2, 0) is 20.7 Å². The number of hydrogen-bond acceptors (Lipinski definition) is 4. The van der Waals surface area contributed by atoms with Gasteiger partial charge in [-0.1, -0.05) is 29.8 Å². The molecule has 0 saturated carbocycles. The maximum atomic E-state index is 12.5. The first-order chi connectivity index (χ1) is 12.2. The molecule has 0 radical (unpaired) electrons. The quantitative estimate of drug-likeness (QED) is 0.757. The highest BCUT2D eigenvalue weighted by Crippen LogP contribution is 2.29. The van der Waals surface area contributed by atoms with E-state index >= 15 is 0 Å². The number of ether oxygens (including phenoxy) is 2. The molecule has 1 aliphatic rings. The van der Waals surface area contributed by atoms with Crippen LogP contribution in [0, 0.1) is 12.8 Å². The standard InChI is InChI=1S/C21H31NO4/c1-15-6-8-16(9-7-15)10-11-17-12-13-22(18(14-17)19(23)25-5)20(24)26-21(2,3)4/h6-9,17-18H,10-14H2,1-5H3. The molecule has 144 valence electrons. The largest absolute Gasteiger partial charge is 0.467 e. The third-order valence-electron chi connectivity index (χ3n) is 4.77. The Bertz CT molecular complexity index is 618. The minimum absolute atomic E-state index is 0.365. The Morgan fingerprint density at radius 3 is 2.42 bits per heavy atom. The van der Waals surface area contributed by atoms with Crippen molar-refractivity contribution in [3.05, 3.63) is 35.4 Å². The highest BCUT2D eigenvalue weighted by Gasteiger charge is 2.38. The number of aryl methyl sites for hydroxylation is 2. The van der Waals surface area contributed by atoms with Crippen LogP contribution in [0.4, 0.5) is 4.79 Å². The van der Waals surface area contributed by atoms with Gasteiger partial charge in [-0.05, 0) is 64.9 Å². The van der Waals surface area contributed by atoms with Gasteiger partial charge in [-0.15, -0.1) is 0 Å². The second-order valence-corrected chi connectivity index (χ2v) is 8.13. The van der Waals surface area contributed by atoms with Crippen LogP contribution in [0.25, 0.3) is 0 Å². The van der Waals surface area contributed by atoms with Gasteiger partial charge in [0.05, 0.1) is 7.11 Å². The molecule has 5 heteroatoms. The Morgan fingerprint density at radius 1 is 1.19 bits per heavy atom. The number of hydrogen-bond donors (Lipinski definition) is 0. The molecule has 0 N–H and O–H groups in total. The number of benzene rings is 1. The van der Waals surface area contributed by atoms with Crippen molar-refractivity contribution < 1.29 is 19.1 Å². The van der Waals surface area contributed by atoms with Crippen molar-refractivity contribution >= 4 is 12.1 Å². The van der Waals surface area contributed by atoms with Crippen LogP contribution in [0.3, 0.4) is 0 Å². The first-order valence-corrected chi connectivity index (χ1v) is 9.32. The fourth-order valence-electron chi connectivity index (χ4n) is 3.32. The third kappa shape index (κ3) is 5.75. The molecule has 2 atom stereocenters. The molecule has 0 aliphatic carbocycles. The number of nitrogens with zero attached hydrogens (tertiary/aromatic N) is 1. The Hall–Kier alpha value is -2.04. The van der Waals surface area contributed by atoms with Crippen LogP contribution in [0.1, 0.15) is 51.2 Å². The van der Waals surface area contributed by atoms with Gasteiger partial charge in [-0.2, -0.15) is 0 Å². The van der Waals surface area contributed by atoms with Gasteiger partial charge in [0.15, 0.2) is 0 Å². The summed E-state index contributed by atoms with van der Waals surface area (Å²) in [6, 6.07) is 7.99. The first-order valence-electron chi connectivity index (χ1n) is 9.32. The van der Waals surface area contributed by atoms with Gasteiger partial charge < -0.3 is 9.47 Å². The van der Waals surface area contributed by atoms with Crippen LogP contribution in [0.5, 0.6) is 0 Å². The van der Waals surface area contributed by atoms with Crippen LogP contribution >= 0.6 is 0 Å². The van der Waals surface area contributed by atoms with Crippen molar-refractivity contribution in [2.24, 2.45) is 5.92 Å². The molecule has 0 bridgehead atoms. The lowest BCUT2D eigenvalue weighted by Crippen LogP contribution is -2.52. The van der Waals surface area contributed by atoms with E-state index in [0.717, 1.165) is 19.3 Å². The molecule has 1 heterocycles. The molecule has 26 heavy (non-hydrogen) atoms. The number of rotatable bonds is 4. The number of carbonyl (C=O) groups excluding carboxylic acids is 2. The average Bonchev–Trinajstić information content (AvgIpc) is 2.58. The van der Waals surface area contributed by atoms with Gasteiger partial charge >= 0.3 is 12.1 Å². The zero-order valence-corrected chi connectivity index (χ0v) is 16.6. The molecule has 5 nitrogen and oxygen atoms in total. The first kappa shape index (κ1) is 20.3. The van der Waals surface area contributed by atoms with Gasteiger partial charge in [0.25, 0.3) is 0 Å². The monoisotopic (exact) mass is 361 g/mol. The van der Waals surface area contributed by atoms with E-state index in [1.165, 1.54) is 23.1 Å². The van der Waals surface area contributed by atoms with E-state index in [1.807, 2.05) is 20.8 Å². The van der Waals surface area contributed by atoms with Gasteiger partial charge in [-0.25, -0.2) is 9.59 Å². The number of esters is 1. The maximum absolute atomic E-state index is 12.5. The van der Waals surface area contributed by atoms with Crippen LogP contribution in [0.2, 0.25) is 0 Å². The van der Waals surface area contributed by atoms with Crippen molar-refractivity contribution in [1.82, 2.24) is 4.90 Å². The second kappa shape index (κ2) is 8.56. The summed E-state index contributed by atoms with van der Waals surface area (Å²) in [5.41, 5.74) is 1.98. The van der Waals surface area contributed by atoms with Crippen molar-refractivity contribution in [3.8, 4) is 0 Å². The van der Waals surface area contributed by atoms with Gasteiger partial charge in [0.1, 0.15) is 11.6 Å². The number of amides is 1. The lowest BCUT2D eigenvalue weighted by molar-refractivity contribution is -0.148. The number of carbonyl (C=O) groups is 2. The van der Waals surface area contributed by atoms with Gasteiger partial charge in [-0.3, -0.25) is 4.90 Å². The normalized spacial score (nSPS) is 20.6. The molecule has 2 rings (SSSR count). The van der Waals surface area contributed by atoms with Crippen molar-refractivity contribution in [2.75, 3.05) is 13.7 Å². The number of methoxy groups -OCH3 is 1. The Morgan fingerprint density at radius 2 is 1.85 bits per heavy atom. The summed E-state index contributed by atoms with van der Waals surface area (Å²) in [7, 11) is 1.37. The summed E-state index contributed by atoms with van der Waals surface area (Å²) in [4.78, 5) is 26.2. The average molecular weight is 361 g/mol. The summed E-state index contributed by atoms with van der Waals surface area (Å²) >= 11 is 0. The SMILES string of the molecule is COC(=O)C1CC(CCc2ccc(C)cc2)CCN1C(=O)OC(C)(C)C. The van der Waals surface area contributed by atoms with Crippen LogP contribution < -0.4 is 0 Å². The summed E-state index contributed by atoms with van der Waals surface area (Å²) in [6.45, 7) is 8.08. The molecule has 1 aromatic rings. The van der Waals surface area contributed by atoms with E-state index in [0.29, 0.717) is 18.9 Å². The number of likely N-dealkylation sites (tertiary alicyclic amines) is 1. The molecular formula is C21H31NO4. The van der Waals surface area contributed by atoms with Gasteiger partial charge in [0, 0.05) is 6.54 Å². The molecule has 0 aromatic heterocycles. The molecule has 1 saturated heterocycles. The van der Waals surface area contributed by atoms with E-state index in [2.05, 4.69) is 31.2 Å². The molecule has 2 unspecified atom stereocenters. The van der Waals surface area contributed by atoms with E-state index in [4.69, 9.17) is 9.47 Å². The van der Waals surface area contributed by atoms with E-state index in [1.54, 1.807) is 0 Å². The summed E-state index contributed by atoms with van der Waals surface area (Å²) in [6.07, 6.45) is 3.03.